The maximum Gasteiger partial charge on any atom is 0.0388 e. The molecule has 1 aromatic rings. The van der Waals surface area contributed by atoms with Crippen molar-refractivity contribution in [3.05, 3.63) is 29.8 Å². The second-order valence-electron chi connectivity index (χ2n) is 7.22. The molecule has 2 fully saturated rings. The van der Waals surface area contributed by atoms with E-state index in [-0.39, 0.29) is 0 Å². The van der Waals surface area contributed by atoms with Crippen molar-refractivity contribution in [2.45, 2.75) is 58.5 Å². The van der Waals surface area contributed by atoms with Gasteiger partial charge < -0.3 is 5.32 Å². The molecule has 2 nitrogen and oxygen atoms in total. The quantitative estimate of drug-likeness (QED) is 0.880. The summed E-state index contributed by atoms with van der Waals surface area (Å²) in [5.41, 5.74) is 3.26. The lowest BCUT2D eigenvalue weighted by Gasteiger charge is -2.30. The van der Waals surface area contributed by atoms with Crippen LogP contribution in [0.5, 0.6) is 0 Å². The van der Waals surface area contributed by atoms with Gasteiger partial charge in [0.25, 0.3) is 0 Å². The topological polar surface area (TPSA) is 15.3 Å². The van der Waals surface area contributed by atoms with E-state index in [0.717, 1.165) is 6.54 Å². The third kappa shape index (κ3) is 3.01. The van der Waals surface area contributed by atoms with Gasteiger partial charge in [-0.1, -0.05) is 38.5 Å². The second kappa shape index (κ2) is 5.77. The van der Waals surface area contributed by atoms with Crippen molar-refractivity contribution in [1.82, 2.24) is 4.90 Å². The zero-order valence-electron chi connectivity index (χ0n) is 13.0. The summed E-state index contributed by atoms with van der Waals surface area (Å²) in [6.45, 7) is 8.45. The van der Waals surface area contributed by atoms with E-state index < -0.39 is 0 Å². The van der Waals surface area contributed by atoms with Crippen molar-refractivity contribution in [2.24, 2.45) is 5.41 Å². The van der Waals surface area contributed by atoms with E-state index in [9.17, 15) is 0 Å². The zero-order valence-corrected chi connectivity index (χ0v) is 13.0. The van der Waals surface area contributed by atoms with Gasteiger partial charge in [0, 0.05) is 18.3 Å². The molecule has 1 aromatic carbocycles. The molecular formula is C18H28N2. The number of nitrogens with zero attached hydrogens (tertiary/aromatic N) is 1. The summed E-state index contributed by atoms with van der Waals surface area (Å²) >= 11 is 0. The van der Waals surface area contributed by atoms with Gasteiger partial charge in [-0.3, -0.25) is 4.90 Å². The van der Waals surface area contributed by atoms with Gasteiger partial charge in [-0.2, -0.15) is 0 Å². The van der Waals surface area contributed by atoms with Crippen LogP contribution in [0.2, 0.25) is 0 Å². The Hall–Kier alpha value is -1.02. The van der Waals surface area contributed by atoms with Crippen LogP contribution in [0, 0.1) is 5.41 Å². The summed E-state index contributed by atoms with van der Waals surface area (Å²) < 4.78 is 0. The lowest BCUT2D eigenvalue weighted by atomic mass is 9.87. The van der Waals surface area contributed by atoms with Gasteiger partial charge in [-0.25, -0.2) is 0 Å². The minimum absolute atomic E-state index is 0.431. The first-order chi connectivity index (χ1) is 9.65. The Morgan fingerprint density at radius 1 is 1.15 bits per heavy atom. The van der Waals surface area contributed by atoms with Crippen LogP contribution in [0.4, 0.5) is 5.69 Å². The molecule has 0 spiro atoms. The molecule has 0 radical (unpaired) electrons. The van der Waals surface area contributed by atoms with Crippen LogP contribution >= 0.6 is 0 Å². The molecule has 1 unspecified atom stereocenters. The predicted octanol–water partition coefficient (Wildman–Crippen LogP) is 4.27. The van der Waals surface area contributed by atoms with Gasteiger partial charge >= 0.3 is 0 Å². The molecule has 20 heavy (non-hydrogen) atoms. The number of hydrogen-bond acceptors (Lipinski definition) is 2. The van der Waals surface area contributed by atoms with E-state index >= 15 is 0 Å². The van der Waals surface area contributed by atoms with Crippen LogP contribution in [-0.4, -0.2) is 24.0 Å². The molecule has 1 atom stereocenters. The Morgan fingerprint density at radius 3 is 2.60 bits per heavy atom. The number of benzene rings is 1. The van der Waals surface area contributed by atoms with E-state index in [1.54, 1.807) is 0 Å². The monoisotopic (exact) mass is 272 g/mol. The van der Waals surface area contributed by atoms with Crippen molar-refractivity contribution in [1.29, 1.82) is 0 Å². The molecule has 2 aliphatic rings. The van der Waals surface area contributed by atoms with E-state index in [1.165, 1.54) is 56.4 Å². The third-order valence-electron chi connectivity index (χ3n) is 5.20. The minimum atomic E-state index is 0.431. The lowest BCUT2D eigenvalue weighted by Crippen LogP contribution is -2.31. The molecule has 3 rings (SSSR count). The molecule has 1 heterocycles. The molecule has 1 saturated carbocycles. The van der Waals surface area contributed by atoms with Crippen LogP contribution in [0.1, 0.15) is 51.5 Å². The maximum absolute atomic E-state index is 3.85. The van der Waals surface area contributed by atoms with Gasteiger partial charge in [0.15, 0.2) is 0 Å². The fourth-order valence-corrected chi connectivity index (χ4v) is 3.76. The number of nitrogens with one attached hydrogen (secondary N) is 1. The summed E-state index contributed by atoms with van der Waals surface area (Å²) in [7, 11) is 0. The van der Waals surface area contributed by atoms with Gasteiger partial charge in [0.1, 0.15) is 0 Å². The van der Waals surface area contributed by atoms with Crippen molar-refractivity contribution in [2.75, 3.05) is 18.4 Å². The molecule has 1 N–H and O–H groups in total. The van der Waals surface area contributed by atoms with Crippen LogP contribution < -0.4 is 5.32 Å². The first-order valence-electron chi connectivity index (χ1n) is 8.22. The molecule has 0 aromatic heterocycles. The third-order valence-corrected chi connectivity index (χ3v) is 5.20. The molecule has 1 saturated heterocycles. The first-order valence-corrected chi connectivity index (χ1v) is 8.22. The van der Waals surface area contributed by atoms with Crippen molar-refractivity contribution in [3.8, 4) is 0 Å². The molecule has 0 amide bonds. The molecule has 1 aliphatic heterocycles. The van der Waals surface area contributed by atoms with Gasteiger partial charge in [0.2, 0.25) is 0 Å². The highest BCUT2D eigenvalue weighted by Crippen LogP contribution is 2.39. The Morgan fingerprint density at radius 2 is 1.90 bits per heavy atom. The Balaban J connectivity index is 1.72. The zero-order chi connectivity index (χ0) is 14.0. The highest BCUT2D eigenvalue weighted by Gasteiger charge is 2.34. The summed E-state index contributed by atoms with van der Waals surface area (Å²) in [5, 5.41) is 3.85. The fraction of sp³-hybridized carbons (Fsp3) is 0.667. The fourth-order valence-electron chi connectivity index (χ4n) is 3.76. The van der Waals surface area contributed by atoms with Gasteiger partial charge in [-0.05, 0) is 55.8 Å². The van der Waals surface area contributed by atoms with Crippen molar-refractivity contribution < 1.29 is 0 Å². The van der Waals surface area contributed by atoms with Crippen molar-refractivity contribution in [3.63, 3.8) is 0 Å². The second-order valence-corrected chi connectivity index (χ2v) is 7.22. The van der Waals surface area contributed by atoms with E-state index in [0.29, 0.717) is 11.5 Å². The van der Waals surface area contributed by atoms with Crippen LogP contribution in [0.15, 0.2) is 24.3 Å². The standard InChI is InChI=1S/C18H28N2/c1-18(2)11-7-10-17(18)19-16-9-4-3-8-15(16)14-20-12-5-6-13-20/h3-4,8-9,17,19H,5-7,10-14H2,1-2H3. The number of hydrogen-bond donors (Lipinski definition) is 1. The molecular weight excluding hydrogens is 244 g/mol. The van der Waals surface area contributed by atoms with E-state index in [4.69, 9.17) is 0 Å². The summed E-state index contributed by atoms with van der Waals surface area (Å²) in [4.78, 5) is 2.58. The predicted molar refractivity (Wildman–Crippen MR) is 86.0 cm³/mol. The van der Waals surface area contributed by atoms with E-state index in [2.05, 4.69) is 48.3 Å². The SMILES string of the molecule is CC1(C)CCCC1Nc1ccccc1CN1CCCC1. The van der Waals surface area contributed by atoms with Gasteiger partial charge in [0.05, 0.1) is 0 Å². The highest BCUT2D eigenvalue weighted by molar-refractivity contribution is 5.52. The smallest absolute Gasteiger partial charge is 0.0388 e. The lowest BCUT2D eigenvalue weighted by molar-refractivity contribution is 0.330. The van der Waals surface area contributed by atoms with Crippen LogP contribution in [0.3, 0.4) is 0 Å². The summed E-state index contributed by atoms with van der Waals surface area (Å²) in [5.74, 6) is 0. The van der Waals surface area contributed by atoms with Crippen LogP contribution in [-0.2, 0) is 6.54 Å². The Bertz CT molecular complexity index is 446. The normalized spacial score (nSPS) is 26.0. The number of para-hydroxylation sites is 1. The largest absolute Gasteiger partial charge is 0.382 e. The average molecular weight is 272 g/mol. The summed E-state index contributed by atoms with van der Waals surface area (Å²) in [6.07, 6.45) is 6.75. The Kier molecular flexibility index (Phi) is 4.02. The number of rotatable bonds is 4. The number of likely N-dealkylation sites (tertiary alicyclic amines) is 1. The summed E-state index contributed by atoms with van der Waals surface area (Å²) in [6, 6.07) is 9.53. The minimum Gasteiger partial charge on any atom is -0.382 e. The van der Waals surface area contributed by atoms with Gasteiger partial charge in [-0.15, -0.1) is 0 Å². The first kappa shape index (κ1) is 13.9. The van der Waals surface area contributed by atoms with Crippen molar-refractivity contribution >= 4 is 5.69 Å². The Labute approximate surface area is 123 Å². The molecule has 110 valence electrons. The maximum atomic E-state index is 3.85. The van der Waals surface area contributed by atoms with Crippen LogP contribution in [0.25, 0.3) is 0 Å². The van der Waals surface area contributed by atoms with E-state index in [1.807, 2.05) is 0 Å². The average Bonchev–Trinajstić information content (AvgIpc) is 3.02. The number of anilines is 1. The molecule has 1 aliphatic carbocycles. The molecule has 0 bridgehead atoms. The molecule has 2 heteroatoms. The highest BCUT2D eigenvalue weighted by atomic mass is 15.1.